The average molecular weight is 251 g/mol. The zero-order valence-electron chi connectivity index (χ0n) is 10.0. The van der Waals surface area contributed by atoms with Crippen LogP contribution in [0, 0.1) is 0 Å². The summed E-state index contributed by atoms with van der Waals surface area (Å²) in [5.41, 5.74) is 6.51. The normalized spacial score (nSPS) is 8.80. The fourth-order valence-corrected chi connectivity index (χ4v) is 0.324. The summed E-state index contributed by atoms with van der Waals surface area (Å²) in [6.45, 7) is 16.4. The molecule has 0 rings (SSSR count). The molecule has 0 bridgehead atoms. The van der Waals surface area contributed by atoms with Crippen LogP contribution in [0.5, 0.6) is 0 Å². The van der Waals surface area contributed by atoms with Gasteiger partial charge in [-0.05, 0) is 13.8 Å². The molecule has 0 saturated heterocycles. The fourth-order valence-electron chi connectivity index (χ4n) is 0.324. The number of hydrogen-bond acceptors (Lipinski definition) is 2. The maximum Gasteiger partial charge on any atom is 0.0520 e. The Bertz CT molecular complexity index is 223. The van der Waals surface area contributed by atoms with Gasteiger partial charge >= 0.3 is 0 Å². The minimum absolute atomic E-state index is 0. The van der Waals surface area contributed by atoms with Gasteiger partial charge in [-0.15, -0.1) is 11.5 Å². The summed E-state index contributed by atoms with van der Waals surface area (Å²) in [5, 5.41) is 0. The Morgan fingerprint density at radius 3 is 1.00 bits per heavy atom. The molecule has 0 saturated carbocycles. The molecule has 3 heteroatoms. The van der Waals surface area contributed by atoms with E-state index in [4.69, 9.17) is 0 Å². The summed E-state index contributed by atoms with van der Waals surface area (Å²) in [6.07, 6.45) is 0. The van der Waals surface area contributed by atoms with Crippen LogP contribution in [0.25, 0.3) is 0 Å². The van der Waals surface area contributed by atoms with E-state index >= 15 is 0 Å². The SMILES string of the molecule is C=C=C.C=C=C.CN=C(C)C(C)=NC.[Ni]. The fraction of sp³-hybridized carbons (Fsp3) is 0.333. The van der Waals surface area contributed by atoms with Gasteiger partial charge in [-0.3, -0.25) is 9.98 Å². The molecule has 15 heavy (non-hydrogen) atoms. The average Bonchev–Trinajstić information content (AvgIpc) is 2.18. The van der Waals surface area contributed by atoms with E-state index in [1.807, 2.05) is 13.8 Å². The molecule has 0 aliphatic rings. The third kappa shape index (κ3) is 32.2. The van der Waals surface area contributed by atoms with Crippen molar-refractivity contribution in [1.82, 2.24) is 0 Å². The Labute approximate surface area is 104 Å². The molecule has 0 aromatic heterocycles. The first kappa shape index (κ1) is 23.6. The van der Waals surface area contributed by atoms with E-state index in [1.54, 1.807) is 14.1 Å². The van der Waals surface area contributed by atoms with E-state index in [-0.39, 0.29) is 16.5 Å². The van der Waals surface area contributed by atoms with E-state index in [2.05, 4.69) is 47.8 Å². The Morgan fingerprint density at radius 1 is 0.800 bits per heavy atom. The number of nitrogens with zero attached hydrogens (tertiary/aromatic N) is 2. The van der Waals surface area contributed by atoms with E-state index in [9.17, 15) is 0 Å². The zero-order valence-corrected chi connectivity index (χ0v) is 11.0. The minimum Gasteiger partial charge on any atom is -0.292 e. The first-order valence-electron chi connectivity index (χ1n) is 4.01. The first-order chi connectivity index (χ1) is 6.55. The molecule has 0 heterocycles. The quantitative estimate of drug-likeness (QED) is 0.388. The molecule has 0 N–H and O–H groups in total. The van der Waals surface area contributed by atoms with Crippen LogP contribution in [0.15, 0.2) is 47.8 Å². The Hall–Kier alpha value is -1.13. The molecule has 2 nitrogen and oxygen atoms in total. The topological polar surface area (TPSA) is 24.7 Å². The second-order valence-corrected chi connectivity index (χ2v) is 2.12. The Kier molecular flexibility index (Phi) is 36.2. The van der Waals surface area contributed by atoms with Gasteiger partial charge in [0.25, 0.3) is 0 Å². The van der Waals surface area contributed by atoms with Crippen LogP contribution in [0.4, 0.5) is 0 Å². The Morgan fingerprint density at radius 2 is 0.933 bits per heavy atom. The molecule has 0 radical (unpaired) electrons. The second-order valence-electron chi connectivity index (χ2n) is 2.12. The number of hydrogen-bond donors (Lipinski definition) is 0. The Balaban J connectivity index is -0.0000000733. The van der Waals surface area contributed by atoms with Crippen molar-refractivity contribution >= 4 is 11.4 Å². The summed E-state index contributed by atoms with van der Waals surface area (Å²) in [7, 11) is 3.54. The second kappa shape index (κ2) is 23.0. The predicted octanol–water partition coefficient (Wildman–Crippen LogP) is 3.08. The van der Waals surface area contributed by atoms with Gasteiger partial charge in [0.2, 0.25) is 0 Å². The molecule has 0 aliphatic heterocycles. The van der Waals surface area contributed by atoms with E-state index in [1.165, 1.54) is 0 Å². The smallest absolute Gasteiger partial charge is 0.0520 e. The van der Waals surface area contributed by atoms with Crippen LogP contribution in [0.2, 0.25) is 0 Å². The minimum atomic E-state index is 0. The maximum atomic E-state index is 3.95. The molecule has 0 fully saturated rings. The molecule has 0 aromatic carbocycles. The predicted molar refractivity (Wildman–Crippen MR) is 67.6 cm³/mol. The first-order valence-corrected chi connectivity index (χ1v) is 4.01. The van der Waals surface area contributed by atoms with Crippen LogP contribution in [0.3, 0.4) is 0 Å². The van der Waals surface area contributed by atoms with Crippen molar-refractivity contribution in [2.24, 2.45) is 9.98 Å². The summed E-state index contributed by atoms with van der Waals surface area (Å²) >= 11 is 0. The summed E-state index contributed by atoms with van der Waals surface area (Å²) in [4.78, 5) is 7.89. The van der Waals surface area contributed by atoms with E-state index < -0.39 is 0 Å². The molecule has 0 spiro atoms. The monoisotopic (exact) mass is 250 g/mol. The third-order valence-corrected chi connectivity index (χ3v) is 1.19. The molecular formula is C12H20N2Ni. The molecule has 88 valence electrons. The molecule has 0 unspecified atom stereocenters. The molecular weight excluding hydrogens is 231 g/mol. The van der Waals surface area contributed by atoms with Crippen molar-refractivity contribution in [2.75, 3.05) is 14.1 Å². The standard InChI is InChI=1S/C6H12N2.2C3H4.Ni/c1-5(7-3)6(2)8-4;2*1-3-2;/h1-4H3;2*1-2H2;. The van der Waals surface area contributed by atoms with Gasteiger partial charge < -0.3 is 0 Å². The summed E-state index contributed by atoms with van der Waals surface area (Å²) in [5.74, 6) is 0. The maximum absolute atomic E-state index is 3.95. The van der Waals surface area contributed by atoms with Crippen molar-refractivity contribution in [1.29, 1.82) is 0 Å². The van der Waals surface area contributed by atoms with Crippen molar-refractivity contribution in [3.8, 4) is 0 Å². The summed E-state index contributed by atoms with van der Waals surface area (Å²) < 4.78 is 0. The van der Waals surface area contributed by atoms with Crippen LogP contribution in [-0.2, 0) is 16.5 Å². The largest absolute Gasteiger partial charge is 0.292 e. The number of aliphatic imine (C=N–C) groups is 2. The van der Waals surface area contributed by atoms with Gasteiger partial charge in [-0.2, -0.15) is 0 Å². The molecule has 0 aliphatic carbocycles. The summed E-state index contributed by atoms with van der Waals surface area (Å²) in [6, 6.07) is 0. The van der Waals surface area contributed by atoms with Crippen LogP contribution >= 0.6 is 0 Å². The van der Waals surface area contributed by atoms with Gasteiger partial charge in [-0.25, -0.2) is 0 Å². The van der Waals surface area contributed by atoms with Crippen molar-refractivity contribution in [3.05, 3.63) is 37.8 Å². The number of rotatable bonds is 1. The molecule has 0 aromatic rings. The van der Waals surface area contributed by atoms with E-state index in [0.717, 1.165) is 11.4 Å². The van der Waals surface area contributed by atoms with Crippen LogP contribution in [0.1, 0.15) is 13.8 Å². The molecule has 0 amide bonds. The van der Waals surface area contributed by atoms with Crippen molar-refractivity contribution in [3.63, 3.8) is 0 Å². The van der Waals surface area contributed by atoms with Gasteiger partial charge in [-0.1, -0.05) is 26.3 Å². The molecule has 0 atom stereocenters. The van der Waals surface area contributed by atoms with Gasteiger partial charge in [0.15, 0.2) is 0 Å². The van der Waals surface area contributed by atoms with Crippen molar-refractivity contribution < 1.29 is 16.5 Å². The third-order valence-electron chi connectivity index (χ3n) is 1.19. The van der Waals surface area contributed by atoms with Crippen LogP contribution in [-0.4, -0.2) is 25.5 Å². The van der Waals surface area contributed by atoms with Gasteiger partial charge in [0.1, 0.15) is 0 Å². The van der Waals surface area contributed by atoms with Crippen molar-refractivity contribution in [2.45, 2.75) is 13.8 Å². The zero-order chi connectivity index (χ0) is 12.0. The van der Waals surface area contributed by atoms with E-state index in [0.29, 0.717) is 0 Å². The van der Waals surface area contributed by atoms with Crippen LogP contribution < -0.4 is 0 Å². The van der Waals surface area contributed by atoms with Gasteiger partial charge in [0, 0.05) is 30.6 Å². The van der Waals surface area contributed by atoms with Gasteiger partial charge in [0.05, 0.1) is 11.4 Å².